The van der Waals surface area contributed by atoms with Crippen molar-refractivity contribution >= 4 is 33.2 Å². The van der Waals surface area contributed by atoms with Crippen LogP contribution >= 0.6 is 11.6 Å². The molecule has 1 amide bonds. The molecule has 7 heteroatoms. The number of carbonyl (C=O) groups excluding carboxylic acids is 1. The van der Waals surface area contributed by atoms with Crippen LogP contribution in [0, 0.1) is 13.8 Å². The number of nitrogens with one attached hydrogen (secondary N) is 2. The number of rotatable bonds is 5. The average molecular weight is 421 g/mol. The molecule has 0 unspecified atom stereocenters. The van der Waals surface area contributed by atoms with Crippen molar-refractivity contribution in [3.63, 3.8) is 0 Å². The summed E-state index contributed by atoms with van der Waals surface area (Å²) >= 11 is 6.18. The van der Waals surface area contributed by atoms with Gasteiger partial charge < -0.3 is 5.32 Å². The predicted octanol–water partition coefficient (Wildman–Crippen LogP) is 4.82. The lowest BCUT2D eigenvalue weighted by Gasteiger charge is -2.23. The zero-order valence-electron chi connectivity index (χ0n) is 16.1. The standard InChI is InChI=1S/C21H25ClN2O3S/c1-14-8-9-17(12-15(14)2)24-28(26,27)18-10-11-20(22)19(13-18)21(25)23-16-6-4-3-5-7-16/h8-13,16,24H,3-7H2,1-2H3,(H,23,25). The van der Waals surface area contributed by atoms with E-state index < -0.39 is 10.0 Å². The Balaban J connectivity index is 1.82. The molecule has 0 saturated heterocycles. The molecule has 5 nitrogen and oxygen atoms in total. The largest absolute Gasteiger partial charge is 0.349 e. The lowest BCUT2D eigenvalue weighted by molar-refractivity contribution is 0.0927. The smallest absolute Gasteiger partial charge is 0.261 e. The summed E-state index contributed by atoms with van der Waals surface area (Å²) < 4.78 is 28.1. The van der Waals surface area contributed by atoms with Gasteiger partial charge >= 0.3 is 0 Å². The van der Waals surface area contributed by atoms with E-state index in [1.54, 1.807) is 12.1 Å². The van der Waals surface area contributed by atoms with Gasteiger partial charge in [0, 0.05) is 11.7 Å². The summed E-state index contributed by atoms with van der Waals surface area (Å²) in [7, 11) is -3.84. The average Bonchev–Trinajstić information content (AvgIpc) is 2.65. The summed E-state index contributed by atoms with van der Waals surface area (Å²) in [5.74, 6) is -0.333. The normalized spacial score (nSPS) is 15.2. The van der Waals surface area contributed by atoms with Gasteiger partial charge in [-0.1, -0.05) is 36.9 Å². The van der Waals surface area contributed by atoms with Gasteiger partial charge in [0.1, 0.15) is 0 Å². The Morgan fingerprint density at radius 1 is 1.00 bits per heavy atom. The van der Waals surface area contributed by atoms with Crippen molar-refractivity contribution < 1.29 is 13.2 Å². The predicted molar refractivity (Wildman–Crippen MR) is 113 cm³/mol. The zero-order chi connectivity index (χ0) is 20.3. The fourth-order valence-corrected chi connectivity index (χ4v) is 4.65. The van der Waals surface area contributed by atoms with Gasteiger partial charge in [0.15, 0.2) is 0 Å². The zero-order valence-corrected chi connectivity index (χ0v) is 17.7. The van der Waals surface area contributed by atoms with Crippen molar-refractivity contribution in [2.24, 2.45) is 0 Å². The van der Waals surface area contributed by atoms with Crippen LogP contribution in [-0.4, -0.2) is 20.4 Å². The van der Waals surface area contributed by atoms with Gasteiger partial charge in [0.2, 0.25) is 0 Å². The Morgan fingerprint density at radius 3 is 2.39 bits per heavy atom. The van der Waals surface area contributed by atoms with Gasteiger partial charge in [-0.15, -0.1) is 0 Å². The van der Waals surface area contributed by atoms with Crippen molar-refractivity contribution in [1.82, 2.24) is 5.32 Å². The fourth-order valence-electron chi connectivity index (χ4n) is 3.37. The van der Waals surface area contributed by atoms with Gasteiger partial charge in [-0.3, -0.25) is 9.52 Å². The Morgan fingerprint density at radius 2 is 1.71 bits per heavy atom. The van der Waals surface area contributed by atoms with Gasteiger partial charge in [-0.2, -0.15) is 0 Å². The van der Waals surface area contributed by atoms with E-state index in [2.05, 4.69) is 10.0 Å². The van der Waals surface area contributed by atoms with Crippen LogP contribution in [0.5, 0.6) is 0 Å². The molecule has 1 saturated carbocycles. The number of aryl methyl sites for hydroxylation is 2. The van der Waals surface area contributed by atoms with Crippen LogP contribution in [0.1, 0.15) is 53.6 Å². The second-order valence-corrected chi connectivity index (χ2v) is 9.44. The summed E-state index contributed by atoms with van der Waals surface area (Å²) in [5, 5.41) is 3.21. The first-order chi connectivity index (χ1) is 13.3. The van der Waals surface area contributed by atoms with Gasteiger partial charge in [0.25, 0.3) is 15.9 Å². The van der Waals surface area contributed by atoms with Crippen LogP contribution in [0.25, 0.3) is 0 Å². The molecule has 150 valence electrons. The van der Waals surface area contributed by atoms with Crippen LogP contribution in [0.15, 0.2) is 41.3 Å². The minimum absolute atomic E-state index is 0.00363. The van der Waals surface area contributed by atoms with Crippen LogP contribution in [0.4, 0.5) is 5.69 Å². The first-order valence-electron chi connectivity index (χ1n) is 9.47. The number of amides is 1. The highest BCUT2D eigenvalue weighted by molar-refractivity contribution is 7.92. The molecule has 0 atom stereocenters. The number of hydrogen-bond donors (Lipinski definition) is 2. The molecular weight excluding hydrogens is 396 g/mol. The Labute approximate surface area is 171 Å². The van der Waals surface area contributed by atoms with Crippen LogP contribution in [0.3, 0.4) is 0 Å². The van der Waals surface area contributed by atoms with Crippen molar-refractivity contribution in [2.45, 2.75) is 56.9 Å². The molecule has 1 aliphatic rings. The first kappa shape index (κ1) is 20.7. The Kier molecular flexibility index (Phi) is 6.30. The van der Waals surface area contributed by atoms with E-state index in [0.717, 1.165) is 36.8 Å². The molecule has 0 radical (unpaired) electrons. The van der Waals surface area contributed by atoms with Crippen molar-refractivity contribution in [3.05, 3.63) is 58.1 Å². The number of anilines is 1. The highest BCUT2D eigenvalue weighted by Gasteiger charge is 2.22. The molecule has 2 N–H and O–H groups in total. The summed E-state index contributed by atoms with van der Waals surface area (Å²) in [6.07, 6.45) is 5.25. The monoisotopic (exact) mass is 420 g/mol. The number of carbonyl (C=O) groups is 1. The van der Waals surface area contributed by atoms with E-state index in [9.17, 15) is 13.2 Å². The van der Waals surface area contributed by atoms with E-state index in [4.69, 9.17) is 11.6 Å². The molecule has 0 aromatic heterocycles. The van der Waals surface area contributed by atoms with E-state index in [-0.39, 0.29) is 27.4 Å². The summed E-state index contributed by atoms with van der Waals surface area (Å²) in [6.45, 7) is 3.88. The van der Waals surface area contributed by atoms with Gasteiger partial charge in [-0.25, -0.2) is 8.42 Å². The summed E-state index contributed by atoms with van der Waals surface area (Å²) in [6, 6.07) is 9.66. The quantitative estimate of drug-likeness (QED) is 0.728. The maximum atomic E-state index is 12.8. The van der Waals surface area contributed by atoms with Crippen molar-refractivity contribution in [2.75, 3.05) is 4.72 Å². The third-order valence-electron chi connectivity index (χ3n) is 5.19. The third kappa shape index (κ3) is 4.86. The summed E-state index contributed by atoms with van der Waals surface area (Å²) in [4.78, 5) is 12.6. The minimum atomic E-state index is -3.84. The number of halogens is 1. The van der Waals surface area contributed by atoms with E-state index >= 15 is 0 Å². The van der Waals surface area contributed by atoms with Crippen molar-refractivity contribution in [1.29, 1.82) is 0 Å². The van der Waals surface area contributed by atoms with E-state index in [1.807, 2.05) is 19.9 Å². The van der Waals surface area contributed by atoms with Crippen LogP contribution in [0.2, 0.25) is 5.02 Å². The number of sulfonamides is 1. The molecule has 28 heavy (non-hydrogen) atoms. The number of benzene rings is 2. The highest BCUT2D eigenvalue weighted by Crippen LogP contribution is 2.24. The Bertz CT molecular complexity index is 983. The molecule has 0 heterocycles. The fraction of sp³-hybridized carbons (Fsp3) is 0.381. The van der Waals surface area contributed by atoms with Gasteiger partial charge in [0.05, 0.1) is 15.5 Å². The van der Waals surface area contributed by atoms with E-state index in [1.165, 1.54) is 24.6 Å². The lowest BCUT2D eigenvalue weighted by atomic mass is 9.95. The lowest BCUT2D eigenvalue weighted by Crippen LogP contribution is -2.36. The molecule has 0 spiro atoms. The second kappa shape index (κ2) is 8.53. The molecule has 1 aliphatic carbocycles. The maximum absolute atomic E-state index is 12.8. The third-order valence-corrected chi connectivity index (χ3v) is 6.90. The molecule has 3 rings (SSSR count). The van der Waals surface area contributed by atoms with Crippen molar-refractivity contribution in [3.8, 4) is 0 Å². The molecule has 2 aromatic rings. The highest BCUT2D eigenvalue weighted by atomic mass is 35.5. The molecule has 1 fully saturated rings. The first-order valence-corrected chi connectivity index (χ1v) is 11.3. The van der Waals surface area contributed by atoms with E-state index in [0.29, 0.717) is 5.69 Å². The van der Waals surface area contributed by atoms with Gasteiger partial charge in [-0.05, 0) is 68.1 Å². The second-order valence-electron chi connectivity index (χ2n) is 7.35. The minimum Gasteiger partial charge on any atom is -0.349 e. The Hall–Kier alpha value is -2.05. The summed E-state index contributed by atoms with van der Waals surface area (Å²) in [5.41, 5.74) is 2.72. The molecule has 0 aliphatic heterocycles. The SMILES string of the molecule is Cc1ccc(NS(=O)(=O)c2ccc(Cl)c(C(=O)NC3CCCCC3)c2)cc1C. The van der Waals surface area contributed by atoms with Crippen LogP contribution in [-0.2, 0) is 10.0 Å². The maximum Gasteiger partial charge on any atom is 0.261 e. The topological polar surface area (TPSA) is 75.3 Å². The molecule has 2 aromatic carbocycles. The van der Waals surface area contributed by atoms with Crippen LogP contribution < -0.4 is 10.0 Å². The number of hydrogen-bond acceptors (Lipinski definition) is 3. The molecule has 0 bridgehead atoms. The molecular formula is C21H25ClN2O3S.